The topological polar surface area (TPSA) is 48.0 Å². The normalized spacial score (nSPS) is 33.2. The van der Waals surface area contributed by atoms with Crippen molar-refractivity contribution in [2.24, 2.45) is 0 Å². The molecule has 2 heterocycles. The monoisotopic (exact) mass is 324 g/mol. The lowest BCUT2D eigenvalue weighted by Crippen LogP contribution is -2.43. The molecular formula is C21H28N2O. The van der Waals surface area contributed by atoms with Crippen LogP contribution in [0.3, 0.4) is 0 Å². The van der Waals surface area contributed by atoms with E-state index in [0.29, 0.717) is 17.9 Å². The van der Waals surface area contributed by atoms with Crippen molar-refractivity contribution >= 4 is 10.9 Å². The number of nitrogens with one attached hydrogen (secondary N) is 2. The summed E-state index contributed by atoms with van der Waals surface area (Å²) in [4.78, 5) is 3.75. The average molecular weight is 324 g/mol. The SMILES string of the molecule is OC1CCCCCC1c1[nH]c2cccc3c2c1C[C@H]1NCCCC31. The second kappa shape index (κ2) is 5.89. The molecule has 3 aliphatic rings. The zero-order valence-electron chi connectivity index (χ0n) is 14.4. The molecule has 0 bridgehead atoms. The average Bonchev–Trinajstić information content (AvgIpc) is 2.83. The van der Waals surface area contributed by atoms with Crippen LogP contribution in [-0.4, -0.2) is 28.8 Å². The second-order valence-corrected chi connectivity index (χ2v) is 8.11. The predicted octanol–water partition coefficient (Wildman–Crippen LogP) is 3.97. The van der Waals surface area contributed by atoms with Crippen molar-refractivity contribution in [2.75, 3.05) is 6.54 Å². The lowest BCUT2D eigenvalue weighted by molar-refractivity contribution is 0.133. The Kier molecular flexibility index (Phi) is 3.67. The van der Waals surface area contributed by atoms with Gasteiger partial charge in [-0.2, -0.15) is 0 Å². The largest absolute Gasteiger partial charge is 0.392 e. The molecular weight excluding hydrogens is 296 g/mol. The molecule has 4 atom stereocenters. The first-order valence-corrected chi connectivity index (χ1v) is 9.88. The first kappa shape index (κ1) is 15.0. The fourth-order valence-corrected chi connectivity index (χ4v) is 5.59. The molecule has 3 N–H and O–H groups in total. The molecule has 1 aromatic heterocycles. The van der Waals surface area contributed by atoms with Gasteiger partial charge in [0.05, 0.1) is 6.10 Å². The van der Waals surface area contributed by atoms with Crippen LogP contribution >= 0.6 is 0 Å². The zero-order chi connectivity index (χ0) is 16.1. The van der Waals surface area contributed by atoms with Gasteiger partial charge < -0.3 is 15.4 Å². The fraction of sp³-hybridized carbons (Fsp3) is 0.619. The van der Waals surface area contributed by atoms with Crippen LogP contribution in [0, 0.1) is 0 Å². The Labute approximate surface area is 143 Å². The van der Waals surface area contributed by atoms with Crippen molar-refractivity contribution in [3.8, 4) is 0 Å². The first-order valence-electron chi connectivity index (χ1n) is 9.88. The van der Waals surface area contributed by atoms with Crippen molar-refractivity contribution in [1.82, 2.24) is 10.3 Å². The number of aliphatic hydroxyl groups excluding tert-OH is 1. The van der Waals surface area contributed by atoms with E-state index in [1.807, 2.05) is 0 Å². The summed E-state index contributed by atoms with van der Waals surface area (Å²) in [6, 6.07) is 7.36. The summed E-state index contributed by atoms with van der Waals surface area (Å²) in [5.41, 5.74) is 5.68. The highest BCUT2D eigenvalue weighted by atomic mass is 16.3. The number of hydrogen-bond acceptors (Lipinski definition) is 2. The molecule has 1 saturated carbocycles. The standard InChI is InChI=1S/C21H28N2O/c24-19-10-3-1-2-6-15(19)21-16-12-18-13(8-5-11-22-18)14-7-4-9-17(23-21)20(14)16/h4,7,9,13,15,18-19,22-24H,1-3,5-6,8,10-12H2/t13?,15?,18-,19?/m1/s1. The van der Waals surface area contributed by atoms with E-state index >= 15 is 0 Å². The summed E-state index contributed by atoms with van der Waals surface area (Å²) in [6.07, 6.45) is 9.29. The van der Waals surface area contributed by atoms with Crippen LogP contribution in [0.15, 0.2) is 18.2 Å². The van der Waals surface area contributed by atoms with E-state index in [1.165, 1.54) is 59.8 Å². The number of fused-ring (bicyclic) bond motifs is 2. The van der Waals surface area contributed by atoms with Crippen molar-refractivity contribution < 1.29 is 5.11 Å². The predicted molar refractivity (Wildman–Crippen MR) is 97.6 cm³/mol. The van der Waals surface area contributed by atoms with E-state index in [9.17, 15) is 5.11 Å². The molecule has 128 valence electrons. The number of H-pyrrole nitrogens is 1. The summed E-state index contributed by atoms with van der Waals surface area (Å²) in [5, 5.41) is 16.0. The van der Waals surface area contributed by atoms with Gasteiger partial charge in [0.15, 0.2) is 0 Å². The van der Waals surface area contributed by atoms with Gasteiger partial charge in [0.25, 0.3) is 0 Å². The summed E-state index contributed by atoms with van der Waals surface area (Å²) in [5.74, 6) is 0.959. The van der Waals surface area contributed by atoms with Gasteiger partial charge in [-0.15, -0.1) is 0 Å². The van der Waals surface area contributed by atoms with Crippen LogP contribution in [0.2, 0.25) is 0 Å². The number of hydrogen-bond donors (Lipinski definition) is 3. The van der Waals surface area contributed by atoms with Crippen LogP contribution in [0.25, 0.3) is 10.9 Å². The molecule has 2 aliphatic carbocycles. The second-order valence-electron chi connectivity index (χ2n) is 8.11. The zero-order valence-corrected chi connectivity index (χ0v) is 14.4. The number of aromatic nitrogens is 1. The fourth-order valence-electron chi connectivity index (χ4n) is 5.59. The van der Waals surface area contributed by atoms with E-state index < -0.39 is 0 Å². The number of aromatic amines is 1. The van der Waals surface area contributed by atoms with Crippen LogP contribution in [-0.2, 0) is 6.42 Å². The number of aliphatic hydroxyl groups is 1. The molecule has 0 amide bonds. The minimum absolute atomic E-state index is 0.183. The van der Waals surface area contributed by atoms with Crippen LogP contribution < -0.4 is 5.32 Å². The highest BCUT2D eigenvalue weighted by molar-refractivity contribution is 5.90. The molecule has 24 heavy (non-hydrogen) atoms. The molecule has 3 nitrogen and oxygen atoms in total. The van der Waals surface area contributed by atoms with Gasteiger partial charge in [-0.25, -0.2) is 0 Å². The number of piperidine rings is 1. The molecule has 1 saturated heterocycles. The maximum atomic E-state index is 10.7. The number of rotatable bonds is 1. The first-order chi connectivity index (χ1) is 11.8. The smallest absolute Gasteiger partial charge is 0.0623 e. The molecule has 3 unspecified atom stereocenters. The molecule has 2 aromatic rings. The van der Waals surface area contributed by atoms with Crippen molar-refractivity contribution in [3.63, 3.8) is 0 Å². The van der Waals surface area contributed by atoms with E-state index in [2.05, 4.69) is 28.5 Å². The number of benzene rings is 1. The Balaban J connectivity index is 1.65. The van der Waals surface area contributed by atoms with Gasteiger partial charge >= 0.3 is 0 Å². The quantitative estimate of drug-likeness (QED) is 0.695. The lowest BCUT2D eigenvalue weighted by atomic mass is 9.74. The van der Waals surface area contributed by atoms with Gasteiger partial charge in [0.1, 0.15) is 0 Å². The Morgan fingerprint density at radius 3 is 2.79 bits per heavy atom. The van der Waals surface area contributed by atoms with E-state index in [1.54, 1.807) is 0 Å². The van der Waals surface area contributed by atoms with Crippen molar-refractivity contribution in [3.05, 3.63) is 35.0 Å². The van der Waals surface area contributed by atoms with Crippen molar-refractivity contribution in [2.45, 2.75) is 75.3 Å². The highest BCUT2D eigenvalue weighted by Crippen LogP contribution is 2.45. The van der Waals surface area contributed by atoms with E-state index in [-0.39, 0.29) is 6.10 Å². The van der Waals surface area contributed by atoms with Gasteiger partial charge in [0, 0.05) is 34.5 Å². The summed E-state index contributed by atoms with van der Waals surface area (Å²) < 4.78 is 0. The van der Waals surface area contributed by atoms with Crippen LogP contribution in [0.1, 0.15) is 73.6 Å². The highest BCUT2D eigenvalue weighted by Gasteiger charge is 2.36. The van der Waals surface area contributed by atoms with E-state index in [0.717, 1.165) is 25.8 Å². The molecule has 2 fully saturated rings. The maximum Gasteiger partial charge on any atom is 0.0623 e. The lowest BCUT2D eigenvalue weighted by Gasteiger charge is -2.37. The molecule has 3 heteroatoms. The molecule has 1 aromatic carbocycles. The Morgan fingerprint density at radius 1 is 0.958 bits per heavy atom. The molecule has 0 radical (unpaired) electrons. The Bertz CT molecular complexity index is 750. The molecule has 0 spiro atoms. The van der Waals surface area contributed by atoms with Crippen LogP contribution in [0.5, 0.6) is 0 Å². The minimum atomic E-state index is -0.183. The summed E-state index contributed by atoms with van der Waals surface area (Å²) in [7, 11) is 0. The van der Waals surface area contributed by atoms with Crippen molar-refractivity contribution in [1.29, 1.82) is 0 Å². The molecule has 1 aliphatic heterocycles. The van der Waals surface area contributed by atoms with E-state index in [4.69, 9.17) is 0 Å². The third kappa shape index (κ3) is 2.25. The van der Waals surface area contributed by atoms with Gasteiger partial charge in [-0.3, -0.25) is 0 Å². The van der Waals surface area contributed by atoms with Gasteiger partial charge in [0.2, 0.25) is 0 Å². The van der Waals surface area contributed by atoms with Gasteiger partial charge in [-0.05, 0) is 55.8 Å². The Morgan fingerprint density at radius 2 is 1.83 bits per heavy atom. The Hall–Kier alpha value is -1.32. The molecule has 5 rings (SSSR count). The van der Waals surface area contributed by atoms with Gasteiger partial charge in [-0.1, -0.05) is 31.4 Å². The maximum absolute atomic E-state index is 10.7. The summed E-state index contributed by atoms with van der Waals surface area (Å²) >= 11 is 0. The third-order valence-electron chi connectivity index (χ3n) is 6.75. The van der Waals surface area contributed by atoms with Crippen LogP contribution in [0.4, 0.5) is 0 Å². The summed E-state index contributed by atoms with van der Waals surface area (Å²) in [6.45, 7) is 1.15. The third-order valence-corrected chi connectivity index (χ3v) is 6.75. The minimum Gasteiger partial charge on any atom is -0.392 e.